The van der Waals surface area contributed by atoms with E-state index in [9.17, 15) is 0 Å². The summed E-state index contributed by atoms with van der Waals surface area (Å²) in [6, 6.07) is 32.4. The van der Waals surface area contributed by atoms with Crippen LogP contribution in [-0.4, -0.2) is 0 Å². The molecule has 0 atom stereocenters. The van der Waals surface area contributed by atoms with Crippen LogP contribution in [0.4, 0.5) is 0 Å². The maximum absolute atomic E-state index is 2.46. The molecule has 138 valence electrons. The molecule has 0 saturated heterocycles. The molecule has 3 rings (SSSR count). The van der Waals surface area contributed by atoms with Crippen molar-refractivity contribution in [2.75, 3.05) is 0 Å². The fourth-order valence-electron chi connectivity index (χ4n) is 3.74. The van der Waals surface area contributed by atoms with Gasteiger partial charge in [0.1, 0.15) is 0 Å². The van der Waals surface area contributed by atoms with E-state index in [-0.39, 0.29) is 10.8 Å². The second-order valence-corrected chi connectivity index (χ2v) is 8.55. The average Bonchev–Trinajstić information content (AvgIpc) is 2.69. The Morgan fingerprint density at radius 3 is 1.59 bits per heavy atom. The van der Waals surface area contributed by atoms with Crippen LogP contribution < -0.4 is 0 Å². The maximum Gasteiger partial charge on any atom is 0.00813 e. The summed E-state index contributed by atoms with van der Waals surface area (Å²) in [6.45, 7) is 9.30. The lowest BCUT2D eigenvalue weighted by atomic mass is 9.74. The highest BCUT2D eigenvalue weighted by molar-refractivity contribution is 5.68. The molecule has 0 aliphatic rings. The molecule has 0 unspecified atom stereocenters. The Morgan fingerprint density at radius 2 is 1.07 bits per heavy atom. The molecule has 0 heteroatoms. The highest BCUT2D eigenvalue weighted by Gasteiger charge is 2.25. The number of hydrogen-bond donors (Lipinski definition) is 0. The van der Waals surface area contributed by atoms with Gasteiger partial charge in [-0.15, -0.1) is 0 Å². The van der Waals surface area contributed by atoms with Crippen molar-refractivity contribution in [1.82, 2.24) is 0 Å². The van der Waals surface area contributed by atoms with Gasteiger partial charge < -0.3 is 0 Å². The van der Waals surface area contributed by atoms with E-state index in [1.54, 1.807) is 0 Å². The fourth-order valence-corrected chi connectivity index (χ4v) is 3.74. The van der Waals surface area contributed by atoms with E-state index in [2.05, 4.69) is 125 Å². The van der Waals surface area contributed by atoms with Crippen LogP contribution >= 0.6 is 0 Å². The molecule has 0 aliphatic heterocycles. The maximum atomic E-state index is 2.46. The van der Waals surface area contributed by atoms with Crippen LogP contribution in [0.15, 0.2) is 97.1 Å². The molecule has 0 aliphatic carbocycles. The molecule has 0 fully saturated rings. The average molecular weight is 355 g/mol. The van der Waals surface area contributed by atoms with Gasteiger partial charge in [-0.2, -0.15) is 0 Å². The van der Waals surface area contributed by atoms with Gasteiger partial charge in [0, 0.05) is 5.41 Å². The SMILES string of the molecule is CC(C)(/C=C(\CC(C)(C)c1ccccc1)c1ccccc1)c1ccccc1. The molecule has 0 aromatic heterocycles. The molecule has 0 radical (unpaired) electrons. The van der Waals surface area contributed by atoms with E-state index < -0.39 is 0 Å². The monoisotopic (exact) mass is 354 g/mol. The smallest absolute Gasteiger partial charge is 0.00813 e. The summed E-state index contributed by atoms with van der Waals surface area (Å²) in [5, 5.41) is 0. The summed E-state index contributed by atoms with van der Waals surface area (Å²) in [7, 11) is 0. The quantitative estimate of drug-likeness (QED) is 0.432. The van der Waals surface area contributed by atoms with Gasteiger partial charge in [-0.25, -0.2) is 0 Å². The lowest BCUT2D eigenvalue weighted by Gasteiger charge is -2.30. The number of allylic oxidation sites excluding steroid dienone is 2. The molecule has 0 spiro atoms. The van der Waals surface area contributed by atoms with Crippen molar-refractivity contribution in [2.24, 2.45) is 0 Å². The van der Waals surface area contributed by atoms with E-state index in [1.165, 1.54) is 22.3 Å². The topological polar surface area (TPSA) is 0 Å². The molecular formula is C27H30. The predicted molar refractivity (Wildman–Crippen MR) is 118 cm³/mol. The zero-order valence-electron chi connectivity index (χ0n) is 16.9. The summed E-state index contributed by atoms with van der Waals surface area (Å²) < 4.78 is 0. The summed E-state index contributed by atoms with van der Waals surface area (Å²) >= 11 is 0. The minimum absolute atomic E-state index is 0.0286. The van der Waals surface area contributed by atoms with Gasteiger partial charge in [0.05, 0.1) is 0 Å². The molecule has 0 bridgehead atoms. The first-order valence-electron chi connectivity index (χ1n) is 9.77. The molecule has 0 N–H and O–H groups in total. The summed E-state index contributed by atoms with van der Waals surface area (Å²) in [5.74, 6) is 0. The van der Waals surface area contributed by atoms with Crippen molar-refractivity contribution in [3.05, 3.63) is 114 Å². The van der Waals surface area contributed by atoms with Crippen molar-refractivity contribution >= 4 is 5.57 Å². The Kier molecular flexibility index (Phi) is 5.65. The van der Waals surface area contributed by atoms with E-state index >= 15 is 0 Å². The van der Waals surface area contributed by atoms with E-state index in [1.807, 2.05) is 0 Å². The summed E-state index contributed by atoms with van der Waals surface area (Å²) in [6.07, 6.45) is 3.46. The molecule has 3 aromatic carbocycles. The van der Waals surface area contributed by atoms with E-state index in [0.717, 1.165) is 6.42 Å². The number of rotatable bonds is 6. The lowest BCUT2D eigenvalue weighted by Crippen LogP contribution is -2.20. The third-order valence-electron chi connectivity index (χ3n) is 5.39. The van der Waals surface area contributed by atoms with E-state index in [4.69, 9.17) is 0 Å². The second kappa shape index (κ2) is 7.96. The third kappa shape index (κ3) is 4.77. The fraction of sp³-hybridized carbons (Fsp3) is 0.259. The van der Waals surface area contributed by atoms with Gasteiger partial charge in [0.25, 0.3) is 0 Å². The number of hydrogen-bond acceptors (Lipinski definition) is 0. The van der Waals surface area contributed by atoms with Crippen molar-refractivity contribution < 1.29 is 0 Å². The minimum Gasteiger partial charge on any atom is -0.0706 e. The van der Waals surface area contributed by atoms with Crippen LogP contribution in [0.5, 0.6) is 0 Å². The summed E-state index contributed by atoms with van der Waals surface area (Å²) in [5.41, 5.74) is 5.47. The molecule has 0 amide bonds. The highest BCUT2D eigenvalue weighted by atomic mass is 14.3. The van der Waals surface area contributed by atoms with Crippen molar-refractivity contribution in [3.63, 3.8) is 0 Å². The first kappa shape index (κ1) is 19.2. The first-order valence-corrected chi connectivity index (χ1v) is 9.77. The minimum atomic E-state index is -0.0286. The predicted octanol–water partition coefficient (Wildman–Crippen LogP) is 7.42. The zero-order valence-corrected chi connectivity index (χ0v) is 16.9. The molecule has 3 aromatic rings. The molecular weight excluding hydrogens is 324 g/mol. The van der Waals surface area contributed by atoms with Gasteiger partial charge in [0.15, 0.2) is 0 Å². The van der Waals surface area contributed by atoms with Crippen LogP contribution in [0.25, 0.3) is 5.57 Å². The van der Waals surface area contributed by atoms with Crippen LogP contribution in [0, 0.1) is 0 Å². The van der Waals surface area contributed by atoms with Gasteiger partial charge in [-0.3, -0.25) is 0 Å². The standard InChI is InChI=1S/C27H30/c1-26(2,24-16-10-6-11-17-24)20-23(22-14-8-5-9-15-22)21-27(3,4)25-18-12-7-13-19-25/h5-20H,21H2,1-4H3/b23-20+. The summed E-state index contributed by atoms with van der Waals surface area (Å²) in [4.78, 5) is 0. The molecule has 0 saturated carbocycles. The Bertz CT molecular complexity index is 869. The molecule has 0 nitrogen and oxygen atoms in total. The Hall–Kier alpha value is -2.60. The molecule has 27 heavy (non-hydrogen) atoms. The van der Waals surface area contributed by atoms with Gasteiger partial charge in [-0.1, -0.05) is 125 Å². The largest absolute Gasteiger partial charge is 0.0706 e. The van der Waals surface area contributed by atoms with Gasteiger partial charge in [0.2, 0.25) is 0 Å². The van der Waals surface area contributed by atoms with Crippen LogP contribution in [-0.2, 0) is 10.8 Å². The zero-order chi connectivity index (χ0) is 19.3. The van der Waals surface area contributed by atoms with Gasteiger partial charge in [-0.05, 0) is 34.1 Å². The van der Waals surface area contributed by atoms with Crippen molar-refractivity contribution in [2.45, 2.75) is 44.9 Å². The Labute approximate surface area is 164 Å². The van der Waals surface area contributed by atoms with Crippen LogP contribution in [0.2, 0.25) is 0 Å². The van der Waals surface area contributed by atoms with Gasteiger partial charge >= 0.3 is 0 Å². The lowest BCUT2D eigenvalue weighted by molar-refractivity contribution is 0.538. The van der Waals surface area contributed by atoms with Crippen molar-refractivity contribution in [3.8, 4) is 0 Å². The third-order valence-corrected chi connectivity index (χ3v) is 5.39. The number of benzene rings is 3. The molecule has 0 heterocycles. The normalized spacial score (nSPS) is 12.8. The second-order valence-electron chi connectivity index (χ2n) is 8.55. The first-order chi connectivity index (χ1) is 12.9. The van der Waals surface area contributed by atoms with Crippen LogP contribution in [0.3, 0.4) is 0 Å². The highest BCUT2D eigenvalue weighted by Crippen LogP contribution is 2.37. The Morgan fingerprint density at radius 1 is 0.630 bits per heavy atom. The Balaban J connectivity index is 2.02. The van der Waals surface area contributed by atoms with Crippen molar-refractivity contribution in [1.29, 1.82) is 0 Å². The van der Waals surface area contributed by atoms with Crippen LogP contribution in [0.1, 0.15) is 50.8 Å². The van der Waals surface area contributed by atoms with E-state index in [0.29, 0.717) is 0 Å².